The van der Waals surface area contributed by atoms with Crippen molar-refractivity contribution in [2.45, 2.75) is 19.9 Å². The van der Waals surface area contributed by atoms with Gasteiger partial charge in [-0.15, -0.1) is 0 Å². The third-order valence-corrected chi connectivity index (χ3v) is 1.97. The van der Waals surface area contributed by atoms with E-state index in [1.165, 1.54) is 0 Å². The summed E-state index contributed by atoms with van der Waals surface area (Å²) in [5, 5.41) is 11.9. The maximum absolute atomic E-state index is 8.84. The molecule has 0 aliphatic carbocycles. The first-order chi connectivity index (χ1) is 6.11. The Bertz CT molecular complexity index is 146. The van der Waals surface area contributed by atoms with Gasteiger partial charge >= 0.3 is 0 Å². The van der Waals surface area contributed by atoms with Crippen molar-refractivity contribution in [3.63, 3.8) is 0 Å². The number of hydrogen-bond donors (Lipinski definition) is 2. The molecule has 0 bridgehead atoms. The maximum Gasteiger partial charge on any atom is 0.0558 e. The number of nitrogens with one attached hydrogen (secondary N) is 1. The van der Waals surface area contributed by atoms with Crippen molar-refractivity contribution in [1.29, 1.82) is 0 Å². The number of likely N-dealkylation sites (N-methyl/N-ethyl adjacent to an activating group) is 1. The highest BCUT2D eigenvalue weighted by Crippen LogP contribution is 2.01. The topological polar surface area (TPSA) is 35.5 Å². The molecule has 0 atom stereocenters. The van der Waals surface area contributed by atoms with Crippen LogP contribution in [0.25, 0.3) is 0 Å². The minimum atomic E-state index is 0.213. The predicted molar refractivity (Wildman–Crippen MR) is 56.9 cm³/mol. The molecule has 0 unspecified atom stereocenters. The zero-order valence-electron chi connectivity index (χ0n) is 9.01. The van der Waals surface area contributed by atoms with Crippen LogP contribution < -0.4 is 5.32 Å². The summed E-state index contributed by atoms with van der Waals surface area (Å²) in [5.74, 6) is 0. The Morgan fingerprint density at radius 1 is 1.54 bits per heavy atom. The van der Waals surface area contributed by atoms with Gasteiger partial charge in [-0.1, -0.05) is 6.58 Å². The van der Waals surface area contributed by atoms with Gasteiger partial charge in [0.15, 0.2) is 0 Å². The van der Waals surface area contributed by atoms with Gasteiger partial charge in [-0.05, 0) is 26.5 Å². The Kier molecular flexibility index (Phi) is 6.86. The first-order valence-electron chi connectivity index (χ1n) is 4.78. The van der Waals surface area contributed by atoms with Crippen LogP contribution in [0.15, 0.2) is 12.2 Å². The van der Waals surface area contributed by atoms with E-state index < -0.39 is 0 Å². The highest BCUT2D eigenvalue weighted by Gasteiger charge is 2.08. The Labute approximate surface area is 81.4 Å². The largest absolute Gasteiger partial charge is 0.395 e. The fourth-order valence-corrected chi connectivity index (χ4v) is 1.24. The van der Waals surface area contributed by atoms with Gasteiger partial charge < -0.3 is 10.4 Å². The van der Waals surface area contributed by atoms with Crippen molar-refractivity contribution in [3.8, 4) is 0 Å². The summed E-state index contributed by atoms with van der Waals surface area (Å²) in [6.45, 7) is 10.9. The van der Waals surface area contributed by atoms with Crippen LogP contribution in [-0.4, -0.2) is 49.3 Å². The minimum absolute atomic E-state index is 0.213. The zero-order chi connectivity index (χ0) is 10.3. The van der Waals surface area contributed by atoms with Gasteiger partial charge in [0.25, 0.3) is 0 Å². The first kappa shape index (κ1) is 12.6. The number of aliphatic hydroxyl groups excluding tert-OH is 1. The molecule has 0 radical (unpaired) electrons. The lowest BCUT2D eigenvalue weighted by Crippen LogP contribution is -2.36. The molecule has 0 spiro atoms. The average molecular weight is 186 g/mol. The first-order valence-corrected chi connectivity index (χ1v) is 4.78. The highest BCUT2D eigenvalue weighted by molar-refractivity contribution is 4.99. The van der Waals surface area contributed by atoms with E-state index in [-0.39, 0.29) is 6.61 Å². The molecule has 0 heterocycles. The smallest absolute Gasteiger partial charge is 0.0558 e. The summed E-state index contributed by atoms with van der Waals surface area (Å²) < 4.78 is 0. The molecule has 3 heteroatoms. The maximum atomic E-state index is 8.84. The molecule has 0 aromatic heterocycles. The van der Waals surface area contributed by atoms with E-state index in [0.717, 1.165) is 25.2 Å². The Morgan fingerprint density at radius 2 is 2.15 bits per heavy atom. The van der Waals surface area contributed by atoms with Crippen molar-refractivity contribution >= 4 is 0 Å². The Morgan fingerprint density at radius 3 is 2.54 bits per heavy atom. The van der Waals surface area contributed by atoms with Gasteiger partial charge in [0.1, 0.15) is 0 Å². The Hall–Kier alpha value is -0.380. The van der Waals surface area contributed by atoms with E-state index in [9.17, 15) is 0 Å². The van der Waals surface area contributed by atoms with Crippen molar-refractivity contribution in [2.75, 3.05) is 33.3 Å². The monoisotopic (exact) mass is 186 g/mol. The summed E-state index contributed by atoms with van der Waals surface area (Å²) >= 11 is 0. The summed E-state index contributed by atoms with van der Waals surface area (Å²) in [5.41, 5.74) is 1.16. The van der Waals surface area contributed by atoms with Gasteiger partial charge in [0.05, 0.1) is 6.61 Å². The molecule has 3 nitrogen and oxygen atoms in total. The number of nitrogens with zero attached hydrogens (tertiary/aromatic N) is 1. The Balaban J connectivity index is 3.86. The molecule has 0 amide bonds. The van der Waals surface area contributed by atoms with Crippen LogP contribution in [0.3, 0.4) is 0 Å². The molecule has 0 aliphatic heterocycles. The second-order valence-corrected chi connectivity index (χ2v) is 3.57. The van der Waals surface area contributed by atoms with E-state index in [4.69, 9.17) is 5.11 Å². The molecule has 0 aromatic rings. The highest BCUT2D eigenvalue weighted by atomic mass is 16.3. The van der Waals surface area contributed by atoms with Crippen LogP contribution in [0.4, 0.5) is 0 Å². The predicted octanol–water partition coefficient (Wildman–Crippen LogP) is 0.465. The molecule has 0 aromatic carbocycles. The third kappa shape index (κ3) is 5.80. The third-order valence-electron chi connectivity index (χ3n) is 1.97. The van der Waals surface area contributed by atoms with Crippen LogP contribution in [-0.2, 0) is 0 Å². The van der Waals surface area contributed by atoms with Crippen LogP contribution >= 0.6 is 0 Å². The summed E-state index contributed by atoms with van der Waals surface area (Å²) in [7, 11) is 1.91. The van der Waals surface area contributed by atoms with E-state index in [0.29, 0.717) is 6.04 Å². The van der Waals surface area contributed by atoms with Crippen molar-refractivity contribution in [3.05, 3.63) is 12.2 Å². The fourth-order valence-electron chi connectivity index (χ4n) is 1.24. The molecule has 0 fully saturated rings. The molecule has 0 saturated carbocycles. The molecule has 2 N–H and O–H groups in total. The quantitative estimate of drug-likeness (QED) is 0.567. The SMILES string of the molecule is C=C(CNC)CN(CCO)C(C)C. The molecular weight excluding hydrogens is 164 g/mol. The van der Waals surface area contributed by atoms with Gasteiger partial charge in [-0.25, -0.2) is 0 Å². The number of rotatable bonds is 7. The summed E-state index contributed by atoms with van der Waals surface area (Å²) in [6, 6.07) is 0.459. The number of aliphatic hydroxyl groups is 1. The molecule has 0 aliphatic rings. The molecule has 13 heavy (non-hydrogen) atoms. The van der Waals surface area contributed by atoms with Gasteiger partial charge in [-0.2, -0.15) is 0 Å². The lowest BCUT2D eigenvalue weighted by atomic mass is 10.2. The van der Waals surface area contributed by atoms with E-state index in [2.05, 4.69) is 30.6 Å². The second kappa shape index (κ2) is 7.06. The van der Waals surface area contributed by atoms with Crippen molar-refractivity contribution in [1.82, 2.24) is 10.2 Å². The van der Waals surface area contributed by atoms with Crippen LogP contribution in [0.5, 0.6) is 0 Å². The summed E-state index contributed by atoms with van der Waals surface area (Å²) in [4.78, 5) is 2.21. The van der Waals surface area contributed by atoms with Gasteiger partial charge in [0.2, 0.25) is 0 Å². The van der Waals surface area contributed by atoms with Crippen LogP contribution in [0.1, 0.15) is 13.8 Å². The zero-order valence-corrected chi connectivity index (χ0v) is 9.01. The van der Waals surface area contributed by atoms with Crippen LogP contribution in [0.2, 0.25) is 0 Å². The molecule has 0 rings (SSSR count). The number of hydrogen-bond acceptors (Lipinski definition) is 3. The molecule has 78 valence electrons. The standard InChI is InChI=1S/C10H22N2O/c1-9(2)12(5-6-13)8-10(3)7-11-4/h9,11,13H,3,5-8H2,1-2,4H3. The average Bonchev–Trinajstić information content (AvgIpc) is 2.04. The van der Waals surface area contributed by atoms with Crippen molar-refractivity contribution < 1.29 is 5.11 Å². The van der Waals surface area contributed by atoms with E-state index in [1.807, 2.05) is 7.05 Å². The second-order valence-electron chi connectivity index (χ2n) is 3.57. The van der Waals surface area contributed by atoms with E-state index in [1.54, 1.807) is 0 Å². The summed E-state index contributed by atoms with van der Waals surface area (Å²) in [6.07, 6.45) is 0. The van der Waals surface area contributed by atoms with Crippen molar-refractivity contribution in [2.24, 2.45) is 0 Å². The van der Waals surface area contributed by atoms with Gasteiger partial charge in [-0.3, -0.25) is 4.90 Å². The van der Waals surface area contributed by atoms with Crippen LogP contribution in [0, 0.1) is 0 Å². The molecule has 0 saturated heterocycles. The normalized spacial score (nSPS) is 11.2. The van der Waals surface area contributed by atoms with E-state index >= 15 is 0 Å². The lowest BCUT2D eigenvalue weighted by Gasteiger charge is -2.26. The lowest BCUT2D eigenvalue weighted by molar-refractivity contribution is 0.176. The van der Waals surface area contributed by atoms with Gasteiger partial charge in [0, 0.05) is 25.7 Å². The fraction of sp³-hybridized carbons (Fsp3) is 0.800. The molecular formula is C10H22N2O. The minimum Gasteiger partial charge on any atom is -0.395 e.